The first kappa shape index (κ1) is 14.0. The van der Waals surface area contributed by atoms with E-state index in [1.165, 1.54) is 6.08 Å². The third kappa shape index (κ3) is 6.99. The number of hydrogen-bond donors (Lipinski definition) is 0. The van der Waals surface area contributed by atoms with Crippen molar-refractivity contribution in [3.05, 3.63) is 12.2 Å². The zero-order chi connectivity index (χ0) is 12.1. The minimum absolute atomic E-state index is 0.0153. The van der Waals surface area contributed by atoms with Crippen LogP contribution in [0.3, 0.4) is 0 Å². The van der Waals surface area contributed by atoms with E-state index in [1.54, 1.807) is 20.8 Å². The van der Waals surface area contributed by atoms with Crippen molar-refractivity contribution in [2.45, 2.75) is 26.9 Å². The molecule has 0 aromatic heterocycles. The fraction of sp³-hybridized carbons (Fsp3) is 0.700. The van der Waals surface area contributed by atoms with Gasteiger partial charge in [0, 0.05) is 6.54 Å². The van der Waals surface area contributed by atoms with Gasteiger partial charge in [0.2, 0.25) is 5.91 Å². The summed E-state index contributed by atoms with van der Waals surface area (Å²) < 4.78 is 36.4. The summed E-state index contributed by atoms with van der Waals surface area (Å²) in [7, 11) is 0. The molecule has 0 fully saturated rings. The molecule has 0 aliphatic heterocycles. The summed E-state index contributed by atoms with van der Waals surface area (Å²) >= 11 is 0. The Morgan fingerprint density at radius 2 is 1.93 bits per heavy atom. The van der Waals surface area contributed by atoms with E-state index in [9.17, 15) is 18.0 Å². The standard InChI is InChI=1S/C10H16F3NO/c1-4-5-9(15)14(6-8(2)3)7-10(11,12)13/h4-5,8H,6-7H2,1-3H3. The van der Waals surface area contributed by atoms with E-state index in [0.29, 0.717) is 0 Å². The lowest BCUT2D eigenvalue weighted by Crippen LogP contribution is -2.40. The summed E-state index contributed by atoms with van der Waals surface area (Å²) in [6.07, 6.45) is -1.76. The molecule has 0 N–H and O–H groups in total. The van der Waals surface area contributed by atoms with E-state index in [0.717, 1.165) is 11.0 Å². The van der Waals surface area contributed by atoms with Crippen molar-refractivity contribution in [1.82, 2.24) is 4.90 Å². The second-order valence-corrected chi connectivity index (χ2v) is 3.73. The fourth-order valence-electron chi connectivity index (χ4n) is 1.14. The highest BCUT2D eigenvalue weighted by atomic mass is 19.4. The van der Waals surface area contributed by atoms with Crippen molar-refractivity contribution >= 4 is 5.91 Å². The predicted molar refractivity (Wildman–Crippen MR) is 52.3 cm³/mol. The molecule has 0 saturated carbocycles. The quantitative estimate of drug-likeness (QED) is 0.671. The van der Waals surface area contributed by atoms with Gasteiger partial charge in [-0.25, -0.2) is 0 Å². The van der Waals surface area contributed by atoms with Crippen LogP contribution >= 0.6 is 0 Å². The molecule has 15 heavy (non-hydrogen) atoms. The highest BCUT2D eigenvalue weighted by Crippen LogP contribution is 2.17. The summed E-state index contributed by atoms with van der Waals surface area (Å²) in [6.45, 7) is 4.06. The first-order valence-corrected chi connectivity index (χ1v) is 4.74. The van der Waals surface area contributed by atoms with E-state index >= 15 is 0 Å². The Labute approximate surface area is 87.8 Å². The molecule has 0 aliphatic rings. The van der Waals surface area contributed by atoms with Crippen LogP contribution < -0.4 is 0 Å². The largest absolute Gasteiger partial charge is 0.406 e. The Morgan fingerprint density at radius 3 is 2.27 bits per heavy atom. The van der Waals surface area contributed by atoms with Crippen LogP contribution in [0.5, 0.6) is 0 Å². The van der Waals surface area contributed by atoms with Gasteiger partial charge in [-0.15, -0.1) is 0 Å². The van der Waals surface area contributed by atoms with Crippen molar-refractivity contribution in [3.8, 4) is 0 Å². The van der Waals surface area contributed by atoms with Gasteiger partial charge in [0.05, 0.1) is 0 Å². The zero-order valence-electron chi connectivity index (χ0n) is 9.14. The van der Waals surface area contributed by atoms with Crippen LogP contribution in [0.25, 0.3) is 0 Å². The van der Waals surface area contributed by atoms with E-state index < -0.39 is 18.6 Å². The third-order valence-electron chi connectivity index (χ3n) is 1.58. The number of carbonyl (C=O) groups excluding carboxylic acids is 1. The van der Waals surface area contributed by atoms with Crippen LogP contribution in [0.4, 0.5) is 13.2 Å². The van der Waals surface area contributed by atoms with Gasteiger partial charge in [0.15, 0.2) is 0 Å². The SMILES string of the molecule is CC=CC(=O)N(CC(C)C)CC(F)(F)F. The van der Waals surface area contributed by atoms with Crippen LogP contribution in [-0.4, -0.2) is 30.1 Å². The molecule has 88 valence electrons. The molecule has 0 unspecified atom stereocenters. The predicted octanol–water partition coefficient (Wildman–Crippen LogP) is 2.61. The minimum Gasteiger partial charge on any atom is -0.330 e. The second kappa shape index (κ2) is 5.78. The molecule has 0 aromatic carbocycles. The smallest absolute Gasteiger partial charge is 0.330 e. The summed E-state index contributed by atoms with van der Waals surface area (Å²) in [5.41, 5.74) is 0. The topological polar surface area (TPSA) is 20.3 Å². The molecule has 0 heterocycles. The first-order chi connectivity index (χ1) is 6.76. The van der Waals surface area contributed by atoms with Crippen LogP contribution in [0.2, 0.25) is 0 Å². The molecule has 0 spiro atoms. The maximum Gasteiger partial charge on any atom is 0.406 e. The molecule has 0 aliphatic carbocycles. The fourth-order valence-corrected chi connectivity index (χ4v) is 1.14. The summed E-state index contributed by atoms with van der Waals surface area (Å²) in [5.74, 6) is -0.579. The molecule has 0 rings (SSSR count). The molecule has 0 atom stereocenters. The molecular formula is C10H16F3NO. The Bertz CT molecular complexity index is 233. The van der Waals surface area contributed by atoms with Crippen molar-refractivity contribution in [2.75, 3.05) is 13.1 Å². The summed E-state index contributed by atoms with van der Waals surface area (Å²) in [5, 5.41) is 0. The van der Waals surface area contributed by atoms with Crippen molar-refractivity contribution in [2.24, 2.45) is 5.92 Å². The van der Waals surface area contributed by atoms with Gasteiger partial charge in [0.25, 0.3) is 0 Å². The highest BCUT2D eigenvalue weighted by molar-refractivity contribution is 5.87. The number of carbonyl (C=O) groups is 1. The van der Waals surface area contributed by atoms with Gasteiger partial charge in [-0.3, -0.25) is 4.79 Å². The molecule has 0 saturated heterocycles. The Hall–Kier alpha value is -1.00. The molecule has 0 aromatic rings. The monoisotopic (exact) mass is 223 g/mol. The Morgan fingerprint density at radius 1 is 1.40 bits per heavy atom. The van der Waals surface area contributed by atoms with E-state index in [1.807, 2.05) is 0 Å². The number of amides is 1. The van der Waals surface area contributed by atoms with Gasteiger partial charge < -0.3 is 4.90 Å². The lowest BCUT2D eigenvalue weighted by Gasteiger charge is -2.24. The molecule has 0 radical (unpaired) electrons. The van der Waals surface area contributed by atoms with Crippen LogP contribution in [-0.2, 0) is 4.79 Å². The summed E-state index contributed by atoms with van der Waals surface area (Å²) in [4.78, 5) is 12.1. The van der Waals surface area contributed by atoms with Gasteiger partial charge in [-0.05, 0) is 18.9 Å². The molecule has 0 bridgehead atoms. The van der Waals surface area contributed by atoms with Crippen LogP contribution in [0, 0.1) is 5.92 Å². The van der Waals surface area contributed by atoms with Gasteiger partial charge in [-0.1, -0.05) is 19.9 Å². The highest BCUT2D eigenvalue weighted by Gasteiger charge is 2.32. The van der Waals surface area contributed by atoms with E-state index in [-0.39, 0.29) is 12.5 Å². The number of alkyl halides is 3. The number of halogens is 3. The van der Waals surface area contributed by atoms with Gasteiger partial charge in [0.1, 0.15) is 6.54 Å². The Kier molecular flexibility index (Phi) is 5.39. The van der Waals surface area contributed by atoms with Crippen LogP contribution in [0.1, 0.15) is 20.8 Å². The molecule has 2 nitrogen and oxygen atoms in total. The lowest BCUT2D eigenvalue weighted by molar-refractivity contribution is -0.159. The molecule has 5 heteroatoms. The van der Waals surface area contributed by atoms with Crippen molar-refractivity contribution < 1.29 is 18.0 Å². The van der Waals surface area contributed by atoms with Crippen molar-refractivity contribution in [3.63, 3.8) is 0 Å². The number of rotatable bonds is 4. The normalized spacial score (nSPS) is 12.5. The third-order valence-corrected chi connectivity index (χ3v) is 1.58. The van der Waals surface area contributed by atoms with E-state index in [4.69, 9.17) is 0 Å². The second-order valence-electron chi connectivity index (χ2n) is 3.73. The zero-order valence-corrected chi connectivity index (χ0v) is 9.14. The Balaban J connectivity index is 4.51. The minimum atomic E-state index is -4.34. The van der Waals surface area contributed by atoms with Gasteiger partial charge in [-0.2, -0.15) is 13.2 Å². The maximum absolute atomic E-state index is 12.1. The molecular weight excluding hydrogens is 207 g/mol. The van der Waals surface area contributed by atoms with Gasteiger partial charge >= 0.3 is 6.18 Å². The number of hydrogen-bond acceptors (Lipinski definition) is 1. The lowest BCUT2D eigenvalue weighted by atomic mass is 10.2. The first-order valence-electron chi connectivity index (χ1n) is 4.74. The average molecular weight is 223 g/mol. The number of allylic oxidation sites excluding steroid dienone is 1. The molecule has 1 amide bonds. The van der Waals surface area contributed by atoms with E-state index in [2.05, 4.69) is 0 Å². The summed E-state index contributed by atoms with van der Waals surface area (Å²) in [6, 6.07) is 0. The maximum atomic E-state index is 12.1. The van der Waals surface area contributed by atoms with Crippen LogP contribution in [0.15, 0.2) is 12.2 Å². The number of nitrogens with zero attached hydrogens (tertiary/aromatic N) is 1. The van der Waals surface area contributed by atoms with Crippen molar-refractivity contribution in [1.29, 1.82) is 0 Å². The average Bonchev–Trinajstić information content (AvgIpc) is 1.99.